The van der Waals surface area contributed by atoms with Gasteiger partial charge in [0, 0.05) is 29.9 Å². The monoisotopic (exact) mass is 466 g/mol. The fourth-order valence-corrected chi connectivity index (χ4v) is 4.13. The molecule has 1 aliphatic rings. The van der Waals surface area contributed by atoms with E-state index >= 15 is 0 Å². The minimum Gasteiger partial charge on any atom is -0.480 e. The second-order valence-electron chi connectivity index (χ2n) is 8.80. The first kappa shape index (κ1) is 25.2. The number of aliphatic carboxylic acids is 1. The molecule has 0 aromatic heterocycles. The van der Waals surface area contributed by atoms with E-state index in [4.69, 9.17) is 15.7 Å². The molecule has 1 aliphatic carbocycles. The van der Waals surface area contributed by atoms with E-state index in [9.17, 15) is 9.59 Å². The normalized spacial score (nSPS) is 14.6. The predicted molar refractivity (Wildman–Crippen MR) is 133 cm³/mol. The number of nitrogens with one attached hydrogen (secondary N) is 2. The predicted octanol–water partition coefficient (Wildman–Crippen LogP) is 3.22. The van der Waals surface area contributed by atoms with E-state index < -0.39 is 5.97 Å². The summed E-state index contributed by atoms with van der Waals surface area (Å²) in [5.41, 5.74) is 10.6. The number of aryl methyl sites for hydroxylation is 1. The quantitative estimate of drug-likeness (QED) is 0.229. The third kappa shape index (κ3) is 7.88. The second-order valence-corrected chi connectivity index (χ2v) is 8.80. The molecule has 8 heteroatoms. The highest BCUT2D eigenvalue weighted by Gasteiger charge is 2.15. The number of hydrogen-bond acceptors (Lipinski definition) is 6. The average Bonchev–Trinajstić information content (AvgIpc) is 2.82. The number of carbonyl (C=O) groups is 2. The van der Waals surface area contributed by atoms with Gasteiger partial charge in [-0.25, -0.2) is 0 Å². The number of anilines is 1. The molecular weight excluding hydrogens is 432 g/mol. The molecule has 1 fully saturated rings. The number of carboxylic acid groups (broad SMARTS) is 1. The van der Waals surface area contributed by atoms with Crippen LogP contribution in [0, 0.1) is 12.8 Å². The molecule has 8 nitrogen and oxygen atoms in total. The molecule has 1 amide bonds. The van der Waals surface area contributed by atoms with Crippen LogP contribution in [0.25, 0.3) is 0 Å². The van der Waals surface area contributed by atoms with Crippen LogP contribution in [0.4, 0.5) is 5.69 Å². The maximum absolute atomic E-state index is 12.3. The van der Waals surface area contributed by atoms with E-state index in [1.165, 1.54) is 19.3 Å². The molecule has 0 radical (unpaired) electrons. The largest absolute Gasteiger partial charge is 0.480 e. The highest BCUT2D eigenvalue weighted by atomic mass is 16.6. The van der Waals surface area contributed by atoms with Crippen molar-refractivity contribution in [1.82, 2.24) is 10.6 Å². The summed E-state index contributed by atoms with van der Waals surface area (Å²) in [6.07, 6.45) is 6.08. The lowest BCUT2D eigenvalue weighted by Gasteiger charge is -2.21. The number of hydrogen-bond donors (Lipinski definition) is 4. The van der Waals surface area contributed by atoms with Gasteiger partial charge in [0.05, 0.1) is 6.54 Å². The van der Waals surface area contributed by atoms with Gasteiger partial charge in [0.15, 0.2) is 6.61 Å². The minimum absolute atomic E-state index is 0.163. The first-order valence-electron chi connectivity index (χ1n) is 11.8. The Labute approximate surface area is 200 Å². The Kier molecular flexibility index (Phi) is 9.46. The third-order valence-electron chi connectivity index (χ3n) is 5.96. The van der Waals surface area contributed by atoms with Crippen LogP contribution in [0.1, 0.15) is 54.4 Å². The number of nitrogen functional groups attached to an aromatic ring is 1. The highest BCUT2D eigenvalue weighted by molar-refractivity contribution is 6.13. The Hall–Kier alpha value is -3.39. The first-order chi connectivity index (χ1) is 16.4. The smallest absolute Gasteiger partial charge is 0.317 e. The number of carboxylic acids is 1. The standard InChI is InChI=1S/C26H34N4O4/c1-18-6-5-9-20(12-18)26(21-10-11-23(27)22(13-21)15-28-16-25(32)33)30-34-17-24(31)29-14-19-7-3-2-4-8-19/h5-6,9-13,19,28H,2-4,7-8,14-17,27H2,1H3,(H,29,31)(H,32,33)/b30-26+. The Morgan fingerprint density at radius 2 is 1.88 bits per heavy atom. The van der Waals surface area contributed by atoms with Crippen LogP contribution in [-0.4, -0.2) is 42.4 Å². The summed E-state index contributed by atoms with van der Waals surface area (Å²) < 4.78 is 0. The van der Waals surface area contributed by atoms with Crippen LogP contribution < -0.4 is 16.4 Å². The molecule has 2 aromatic rings. The van der Waals surface area contributed by atoms with Crippen molar-refractivity contribution >= 4 is 23.3 Å². The Morgan fingerprint density at radius 1 is 1.12 bits per heavy atom. The van der Waals surface area contributed by atoms with Gasteiger partial charge in [-0.15, -0.1) is 0 Å². The Bertz CT molecular complexity index is 1020. The van der Waals surface area contributed by atoms with Crippen molar-refractivity contribution < 1.29 is 19.5 Å². The molecule has 0 saturated heterocycles. The van der Waals surface area contributed by atoms with Crippen molar-refractivity contribution in [1.29, 1.82) is 0 Å². The molecule has 0 aliphatic heterocycles. The molecule has 5 N–H and O–H groups in total. The van der Waals surface area contributed by atoms with E-state index in [1.54, 1.807) is 6.07 Å². The molecule has 0 spiro atoms. The van der Waals surface area contributed by atoms with Crippen LogP contribution in [0.2, 0.25) is 0 Å². The molecule has 1 saturated carbocycles. The number of oxime groups is 1. The van der Waals surface area contributed by atoms with Crippen LogP contribution in [-0.2, 0) is 21.0 Å². The number of benzene rings is 2. The van der Waals surface area contributed by atoms with Gasteiger partial charge in [-0.1, -0.05) is 54.2 Å². The summed E-state index contributed by atoms with van der Waals surface area (Å²) in [4.78, 5) is 28.6. The number of rotatable bonds is 11. The lowest BCUT2D eigenvalue weighted by Crippen LogP contribution is -2.32. The van der Waals surface area contributed by atoms with Crippen LogP contribution in [0.3, 0.4) is 0 Å². The average molecular weight is 467 g/mol. The number of nitrogens with zero attached hydrogens (tertiary/aromatic N) is 1. The van der Waals surface area contributed by atoms with Crippen molar-refractivity contribution in [3.05, 3.63) is 64.7 Å². The SMILES string of the molecule is Cc1cccc(/C(=N\OCC(=O)NCC2CCCCC2)c2ccc(N)c(CNCC(=O)O)c2)c1. The minimum atomic E-state index is -0.938. The molecule has 2 aromatic carbocycles. The van der Waals surface area contributed by atoms with Crippen LogP contribution in [0.15, 0.2) is 47.6 Å². The molecule has 0 heterocycles. The molecule has 182 valence electrons. The van der Waals surface area contributed by atoms with Gasteiger partial charge in [-0.3, -0.25) is 9.59 Å². The number of amides is 1. The van der Waals surface area contributed by atoms with E-state index in [-0.39, 0.29) is 19.1 Å². The van der Waals surface area contributed by atoms with Crippen LogP contribution >= 0.6 is 0 Å². The fourth-order valence-electron chi connectivity index (χ4n) is 4.13. The maximum Gasteiger partial charge on any atom is 0.317 e. The molecular formula is C26H34N4O4. The summed E-state index contributed by atoms with van der Waals surface area (Å²) in [7, 11) is 0. The van der Waals surface area contributed by atoms with Crippen molar-refractivity contribution in [2.75, 3.05) is 25.4 Å². The third-order valence-corrected chi connectivity index (χ3v) is 5.96. The fraction of sp³-hybridized carbons (Fsp3) is 0.423. The number of carbonyl (C=O) groups excluding carboxylic acids is 1. The van der Waals surface area contributed by atoms with Gasteiger partial charge in [0.2, 0.25) is 0 Å². The van der Waals surface area contributed by atoms with Gasteiger partial charge in [0.1, 0.15) is 5.71 Å². The summed E-state index contributed by atoms with van der Waals surface area (Å²) in [5, 5.41) is 19.0. The Morgan fingerprint density at radius 3 is 2.62 bits per heavy atom. The summed E-state index contributed by atoms with van der Waals surface area (Å²) in [5.74, 6) is -0.576. The lowest BCUT2D eigenvalue weighted by molar-refractivity contribution is -0.136. The van der Waals surface area contributed by atoms with Gasteiger partial charge in [-0.2, -0.15) is 0 Å². The maximum atomic E-state index is 12.3. The molecule has 0 unspecified atom stereocenters. The highest BCUT2D eigenvalue weighted by Crippen LogP contribution is 2.23. The zero-order chi connectivity index (χ0) is 24.3. The summed E-state index contributed by atoms with van der Waals surface area (Å²) in [6, 6.07) is 13.3. The van der Waals surface area contributed by atoms with E-state index in [0.717, 1.165) is 35.1 Å². The number of nitrogens with two attached hydrogens (primary N) is 1. The van der Waals surface area contributed by atoms with E-state index in [0.29, 0.717) is 30.4 Å². The second kappa shape index (κ2) is 12.7. The van der Waals surface area contributed by atoms with E-state index in [1.807, 2.05) is 43.3 Å². The van der Waals surface area contributed by atoms with E-state index in [2.05, 4.69) is 15.8 Å². The van der Waals surface area contributed by atoms with Gasteiger partial charge in [-0.05, 0) is 49.4 Å². The van der Waals surface area contributed by atoms with Gasteiger partial charge >= 0.3 is 5.97 Å². The molecule has 0 atom stereocenters. The zero-order valence-electron chi connectivity index (χ0n) is 19.7. The van der Waals surface area contributed by atoms with Crippen molar-refractivity contribution in [3.63, 3.8) is 0 Å². The molecule has 34 heavy (non-hydrogen) atoms. The lowest BCUT2D eigenvalue weighted by atomic mass is 9.89. The first-order valence-corrected chi connectivity index (χ1v) is 11.8. The van der Waals surface area contributed by atoms with Crippen LogP contribution in [0.5, 0.6) is 0 Å². The zero-order valence-corrected chi connectivity index (χ0v) is 19.7. The Balaban J connectivity index is 1.72. The van der Waals surface area contributed by atoms with Gasteiger partial charge < -0.3 is 26.3 Å². The van der Waals surface area contributed by atoms with Crippen molar-refractivity contribution in [3.8, 4) is 0 Å². The summed E-state index contributed by atoms with van der Waals surface area (Å²) in [6.45, 7) is 2.65. The van der Waals surface area contributed by atoms with Crippen molar-refractivity contribution in [2.24, 2.45) is 11.1 Å². The topological polar surface area (TPSA) is 126 Å². The summed E-state index contributed by atoms with van der Waals surface area (Å²) >= 11 is 0. The van der Waals surface area contributed by atoms with Gasteiger partial charge in [0.25, 0.3) is 5.91 Å². The molecule has 0 bridgehead atoms. The van der Waals surface area contributed by atoms with Crippen molar-refractivity contribution in [2.45, 2.75) is 45.6 Å². The molecule has 3 rings (SSSR count).